The molecule has 2 N–H and O–H groups in total. The summed E-state index contributed by atoms with van der Waals surface area (Å²) < 4.78 is 19.7. The molecule has 2 aromatic heterocycles. The Hall–Kier alpha value is -2.97. The Morgan fingerprint density at radius 3 is 2.62 bits per heavy atom. The Balaban J connectivity index is 0.00000324. The summed E-state index contributed by atoms with van der Waals surface area (Å²) in [4.78, 5) is 19.2. The van der Waals surface area contributed by atoms with Crippen molar-refractivity contribution in [2.75, 3.05) is 31.1 Å². The van der Waals surface area contributed by atoms with E-state index < -0.39 is 17.1 Å². The van der Waals surface area contributed by atoms with Gasteiger partial charge in [0.1, 0.15) is 0 Å². The molecule has 9 heteroatoms. The van der Waals surface area contributed by atoms with Crippen molar-refractivity contribution in [2.45, 2.75) is 39.7 Å². The molecule has 0 radical (unpaired) electrons. The highest BCUT2D eigenvalue weighted by molar-refractivity contribution is 5.92. The number of hydrogen-bond acceptors (Lipinski definition) is 6. The molecule has 0 bridgehead atoms. The summed E-state index contributed by atoms with van der Waals surface area (Å²) in [5.41, 5.74) is 4.44. The van der Waals surface area contributed by atoms with E-state index in [9.17, 15) is 9.18 Å². The summed E-state index contributed by atoms with van der Waals surface area (Å²) in [5.74, 6) is -1.22. The van der Waals surface area contributed by atoms with E-state index in [2.05, 4.69) is 31.7 Å². The third kappa shape index (κ3) is 5.39. The predicted molar refractivity (Wildman–Crippen MR) is 133 cm³/mol. The van der Waals surface area contributed by atoms with Gasteiger partial charge in [0.15, 0.2) is 11.6 Å². The molecule has 1 aliphatic rings. The zero-order valence-corrected chi connectivity index (χ0v) is 20.8. The van der Waals surface area contributed by atoms with Gasteiger partial charge in [-0.3, -0.25) is 9.78 Å². The molecule has 1 amide bonds. The van der Waals surface area contributed by atoms with Crippen LogP contribution in [0.3, 0.4) is 0 Å². The van der Waals surface area contributed by atoms with Gasteiger partial charge in [0.05, 0.1) is 11.9 Å². The van der Waals surface area contributed by atoms with Gasteiger partial charge >= 0.3 is 0 Å². The molecule has 1 aliphatic heterocycles. The number of rotatable bonds is 5. The van der Waals surface area contributed by atoms with Crippen LogP contribution in [-0.2, 0) is 12.0 Å². The highest BCUT2D eigenvalue weighted by Crippen LogP contribution is 2.31. The summed E-state index contributed by atoms with van der Waals surface area (Å²) in [7, 11) is 0. The minimum Gasteiger partial charge on any atom is -0.367 e. The summed E-state index contributed by atoms with van der Waals surface area (Å²) in [6.45, 7) is 11.5. The van der Waals surface area contributed by atoms with Crippen LogP contribution in [0.5, 0.6) is 0 Å². The number of halogens is 2. The van der Waals surface area contributed by atoms with Crippen molar-refractivity contribution < 1.29 is 13.7 Å². The third-order valence-corrected chi connectivity index (χ3v) is 5.88. The van der Waals surface area contributed by atoms with Gasteiger partial charge in [0, 0.05) is 49.9 Å². The van der Waals surface area contributed by atoms with Gasteiger partial charge < -0.3 is 20.1 Å². The van der Waals surface area contributed by atoms with E-state index in [0.29, 0.717) is 0 Å². The zero-order valence-electron chi connectivity index (χ0n) is 19.9. The van der Waals surface area contributed by atoms with Crippen molar-refractivity contribution >= 4 is 24.0 Å². The predicted octanol–water partition coefficient (Wildman–Crippen LogP) is 4.24. The number of aryl methyl sites for hydroxylation is 1. The number of carbonyl (C=O) groups is 1. The lowest BCUT2D eigenvalue weighted by molar-refractivity contribution is 0.0938. The molecule has 0 spiro atoms. The molecule has 0 atom stereocenters. The Bertz CT molecular complexity index is 1150. The lowest BCUT2D eigenvalue weighted by atomic mass is 9.92. The van der Waals surface area contributed by atoms with E-state index in [1.807, 2.05) is 37.5 Å². The number of hydrogen-bond donors (Lipinski definition) is 2. The van der Waals surface area contributed by atoms with Crippen LogP contribution in [0.1, 0.15) is 48.1 Å². The van der Waals surface area contributed by atoms with E-state index >= 15 is 0 Å². The van der Waals surface area contributed by atoms with Gasteiger partial charge in [0.25, 0.3) is 5.91 Å². The highest BCUT2D eigenvalue weighted by Gasteiger charge is 2.30. The van der Waals surface area contributed by atoms with Crippen molar-refractivity contribution in [3.8, 4) is 11.1 Å². The van der Waals surface area contributed by atoms with E-state index in [-0.39, 0.29) is 30.4 Å². The van der Waals surface area contributed by atoms with Gasteiger partial charge in [-0.05, 0) is 29.7 Å². The summed E-state index contributed by atoms with van der Waals surface area (Å²) >= 11 is 0. The Labute approximate surface area is 205 Å². The standard InChI is InChI=1S/C25H30FN5O2.ClH/c1-16-13-17(19-7-8-28-15-20(19)31-11-9-27-10-12-31)5-6-18(16)14-29-24(32)22-21(26)23(33-30-22)25(2,3)4;/h5-8,13,15,27H,9-12,14H2,1-4H3,(H,29,32);1H. The second-order valence-corrected chi connectivity index (χ2v) is 9.38. The Morgan fingerprint density at radius 1 is 1.24 bits per heavy atom. The maximum atomic E-state index is 14.6. The van der Waals surface area contributed by atoms with Crippen molar-refractivity contribution in [3.63, 3.8) is 0 Å². The number of amides is 1. The van der Waals surface area contributed by atoms with Gasteiger partial charge in [-0.25, -0.2) is 4.39 Å². The Kier molecular flexibility index (Phi) is 7.94. The molecular formula is C25H31ClFN5O2. The van der Waals surface area contributed by atoms with E-state index in [0.717, 1.165) is 54.1 Å². The minimum absolute atomic E-state index is 0. The molecule has 34 heavy (non-hydrogen) atoms. The first-order valence-electron chi connectivity index (χ1n) is 11.2. The highest BCUT2D eigenvalue weighted by atomic mass is 35.5. The van der Waals surface area contributed by atoms with Gasteiger partial charge in [-0.15, -0.1) is 12.4 Å². The molecule has 1 fully saturated rings. The van der Waals surface area contributed by atoms with Gasteiger partial charge in [0.2, 0.25) is 5.69 Å². The average Bonchev–Trinajstić information content (AvgIpc) is 3.20. The quantitative estimate of drug-likeness (QED) is 0.560. The SMILES string of the molecule is Cc1cc(-c2ccncc2N2CCNCC2)ccc1CNC(=O)c1noc(C(C)(C)C)c1F.Cl. The fourth-order valence-electron chi connectivity index (χ4n) is 4.00. The van der Waals surface area contributed by atoms with Crippen molar-refractivity contribution in [1.82, 2.24) is 20.8 Å². The summed E-state index contributed by atoms with van der Waals surface area (Å²) in [5, 5.41) is 9.78. The molecule has 3 heterocycles. The van der Waals surface area contributed by atoms with Crippen molar-refractivity contribution in [3.05, 3.63) is 65.1 Å². The molecule has 4 rings (SSSR count). The van der Waals surface area contributed by atoms with E-state index in [1.54, 1.807) is 20.8 Å². The lowest BCUT2D eigenvalue weighted by Gasteiger charge is -2.31. The van der Waals surface area contributed by atoms with Crippen LogP contribution >= 0.6 is 12.4 Å². The number of anilines is 1. The van der Waals surface area contributed by atoms with E-state index in [4.69, 9.17) is 4.52 Å². The van der Waals surface area contributed by atoms with Crippen molar-refractivity contribution in [2.24, 2.45) is 0 Å². The first-order valence-corrected chi connectivity index (χ1v) is 11.2. The van der Waals surface area contributed by atoms with Crippen LogP contribution in [-0.4, -0.2) is 42.2 Å². The van der Waals surface area contributed by atoms with Crippen LogP contribution in [0.25, 0.3) is 11.1 Å². The molecule has 3 aromatic rings. The fourth-order valence-corrected chi connectivity index (χ4v) is 4.00. The summed E-state index contributed by atoms with van der Waals surface area (Å²) in [6.07, 6.45) is 3.73. The molecule has 7 nitrogen and oxygen atoms in total. The Morgan fingerprint density at radius 2 is 1.97 bits per heavy atom. The molecular weight excluding hydrogens is 457 g/mol. The number of carbonyl (C=O) groups excluding carboxylic acids is 1. The maximum Gasteiger partial charge on any atom is 0.276 e. The average molecular weight is 488 g/mol. The van der Waals surface area contributed by atoms with Crippen LogP contribution in [0.15, 0.2) is 41.2 Å². The van der Waals surface area contributed by atoms with Crippen LogP contribution in [0.2, 0.25) is 0 Å². The van der Waals surface area contributed by atoms with Crippen LogP contribution in [0, 0.1) is 12.7 Å². The second-order valence-electron chi connectivity index (χ2n) is 9.38. The smallest absolute Gasteiger partial charge is 0.276 e. The number of benzene rings is 1. The number of aromatic nitrogens is 2. The molecule has 0 saturated carbocycles. The largest absolute Gasteiger partial charge is 0.367 e. The zero-order chi connectivity index (χ0) is 23.6. The maximum absolute atomic E-state index is 14.6. The molecule has 0 unspecified atom stereocenters. The van der Waals surface area contributed by atoms with Crippen molar-refractivity contribution in [1.29, 1.82) is 0 Å². The number of nitrogens with one attached hydrogen (secondary N) is 2. The minimum atomic E-state index is -0.704. The lowest BCUT2D eigenvalue weighted by Crippen LogP contribution is -2.43. The molecule has 0 aliphatic carbocycles. The van der Waals surface area contributed by atoms with Gasteiger partial charge in [-0.1, -0.05) is 44.1 Å². The van der Waals surface area contributed by atoms with Crippen LogP contribution < -0.4 is 15.5 Å². The number of piperazine rings is 1. The first kappa shape index (κ1) is 25.6. The number of nitrogens with zero attached hydrogens (tertiary/aromatic N) is 3. The second kappa shape index (κ2) is 10.5. The monoisotopic (exact) mass is 487 g/mol. The molecule has 1 saturated heterocycles. The third-order valence-electron chi connectivity index (χ3n) is 5.88. The fraction of sp³-hybridized carbons (Fsp3) is 0.400. The molecule has 1 aromatic carbocycles. The summed E-state index contributed by atoms with van der Waals surface area (Å²) in [6, 6.07) is 8.18. The molecule has 182 valence electrons. The first-order chi connectivity index (χ1) is 15.8. The van der Waals surface area contributed by atoms with Gasteiger partial charge in [-0.2, -0.15) is 0 Å². The van der Waals surface area contributed by atoms with E-state index in [1.165, 1.54) is 0 Å². The van der Waals surface area contributed by atoms with Crippen LogP contribution in [0.4, 0.5) is 10.1 Å². The topological polar surface area (TPSA) is 83.3 Å². The normalized spacial score (nSPS) is 14.0. The number of pyridine rings is 1.